The fourth-order valence-electron chi connectivity index (χ4n) is 7.09. The van der Waals surface area contributed by atoms with Crippen molar-refractivity contribution < 1.29 is 0 Å². The van der Waals surface area contributed by atoms with Crippen LogP contribution in [0.2, 0.25) is 15.1 Å². The molecule has 2 nitrogen and oxygen atoms in total. The van der Waals surface area contributed by atoms with Gasteiger partial charge in [0, 0.05) is 49.2 Å². The van der Waals surface area contributed by atoms with Gasteiger partial charge >= 0.3 is 0 Å². The van der Waals surface area contributed by atoms with Crippen LogP contribution < -0.4 is 9.80 Å². The Morgan fingerprint density at radius 2 is 0.556 bits per heavy atom. The third-order valence-corrected chi connectivity index (χ3v) is 10.9. The molecular weight excluding hydrogens is 831 g/mol. The molecule has 0 aliphatic rings. The summed E-state index contributed by atoms with van der Waals surface area (Å²) >= 11 is 17.6. The molecule has 0 bridgehead atoms. The lowest BCUT2D eigenvalue weighted by Gasteiger charge is -2.26. The van der Waals surface area contributed by atoms with Crippen molar-refractivity contribution in [3.8, 4) is 22.3 Å². The van der Waals surface area contributed by atoms with E-state index in [1.165, 1.54) is 38.9 Å². The Bertz CT molecular complexity index is 2620. The second-order valence-electron chi connectivity index (χ2n) is 14.9. The highest BCUT2D eigenvalue weighted by molar-refractivity contribution is 6.31. The molecule has 314 valence electrons. The monoisotopic (exact) mass is 880 g/mol. The molecule has 0 radical (unpaired) electrons. The number of aryl methyl sites for hydroxylation is 3. The summed E-state index contributed by atoms with van der Waals surface area (Å²) < 4.78 is 0. The predicted molar refractivity (Wildman–Crippen MR) is 276 cm³/mol. The molecule has 0 amide bonds. The van der Waals surface area contributed by atoms with Crippen molar-refractivity contribution in [2.75, 3.05) is 9.80 Å². The summed E-state index contributed by atoms with van der Waals surface area (Å²) in [6, 6.07) is 79.0. The molecule has 0 heterocycles. The number of nitrogens with zero attached hydrogens (tertiary/aromatic N) is 2. The quantitative estimate of drug-likeness (QED) is 0.150. The summed E-state index contributed by atoms with van der Waals surface area (Å²) in [5, 5.41) is 2.26. The van der Waals surface area contributed by atoms with E-state index < -0.39 is 0 Å². The number of hydrogen-bond donors (Lipinski definition) is 0. The van der Waals surface area contributed by atoms with Gasteiger partial charge in [0.1, 0.15) is 0 Å². The summed E-state index contributed by atoms with van der Waals surface area (Å²) in [6.07, 6.45) is 0. The van der Waals surface area contributed by atoms with Gasteiger partial charge in [-0.3, -0.25) is 0 Å². The topological polar surface area (TPSA) is 6.48 Å². The van der Waals surface area contributed by atoms with Gasteiger partial charge in [0.2, 0.25) is 0 Å². The van der Waals surface area contributed by atoms with Crippen LogP contribution in [0.25, 0.3) is 22.3 Å². The van der Waals surface area contributed by atoms with Gasteiger partial charge in [0.25, 0.3) is 0 Å². The molecule has 0 aliphatic carbocycles. The molecule has 9 aromatic carbocycles. The number of benzene rings is 9. The first-order chi connectivity index (χ1) is 30.2. The first-order valence-corrected chi connectivity index (χ1v) is 21.6. The van der Waals surface area contributed by atoms with E-state index in [4.69, 9.17) is 34.8 Å². The van der Waals surface area contributed by atoms with Gasteiger partial charge in [-0.2, -0.15) is 0 Å². The van der Waals surface area contributed by atoms with E-state index in [1.807, 2.05) is 97.9 Å². The highest BCUT2D eigenvalue weighted by atomic mass is 35.5. The summed E-state index contributed by atoms with van der Waals surface area (Å²) in [5.41, 5.74) is 15.3. The third-order valence-electron chi connectivity index (χ3n) is 10.1. The Labute approximate surface area is 389 Å². The maximum absolute atomic E-state index is 5.99. The van der Waals surface area contributed by atoms with Crippen LogP contribution in [0, 0.1) is 20.8 Å². The minimum Gasteiger partial charge on any atom is -0.311 e. The molecule has 0 aliphatic heterocycles. The minimum atomic E-state index is 0. The highest BCUT2D eigenvalue weighted by Gasteiger charge is 2.14. The number of anilines is 6. The highest BCUT2D eigenvalue weighted by Crippen LogP contribution is 2.38. The van der Waals surface area contributed by atoms with Crippen LogP contribution in [0.4, 0.5) is 34.1 Å². The lowest BCUT2D eigenvalue weighted by atomic mass is 10.0. The Kier molecular flexibility index (Phi) is 16.4. The van der Waals surface area contributed by atoms with Crippen molar-refractivity contribution in [1.82, 2.24) is 0 Å². The standard InChI is InChI=1S/C32H27N.C18H13Cl2N.C7H7Cl.CH4/c1-24-8-6-10-28(22-24)26-14-18-31(19-15-26)33(30-12-4-3-5-13-30)32-20-16-27(17-21-32)29-11-7-9-25(2)23-29;19-14-6-10-17(11-7-14)21(16-4-2-1-3-5-16)18-12-8-15(20)9-13-18;1-6-3-2-4-7(8)5-6;/h3-23H,1-2H3;1-13H;2-5H,1H3;1H4. The van der Waals surface area contributed by atoms with E-state index in [2.05, 4.69) is 163 Å². The molecule has 63 heavy (non-hydrogen) atoms. The molecule has 0 atom stereocenters. The van der Waals surface area contributed by atoms with Gasteiger partial charge in [-0.1, -0.05) is 175 Å². The molecular formula is C58H51Cl3N2. The first kappa shape index (κ1) is 46.0. The van der Waals surface area contributed by atoms with Crippen molar-refractivity contribution in [3.05, 3.63) is 262 Å². The van der Waals surface area contributed by atoms with Gasteiger partial charge in [-0.15, -0.1) is 0 Å². The number of hydrogen-bond acceptors (Lipinski definition) is 2. The van der Waals surface area contributed by atoms with E-state index in [0.29, 0.717) is 0 Å². The van der Waals surface area contributed by atoms with Gasteiger partial charge < -0.3 is 9.80 Å². The zero-order valence-corrected chi connectivity index (χ0v) is 37.2. The molecule has 5 heteroatoms. The minimum absolute atomic E-state index is 0. The fraction of sp³-hybridized carbons (Fsp3) is 0.0690. The first-order valence-electron chi connectivity index (χ1n) is 20.5. The molecule has 9 rings (SSSR count). The smallest absolute Gasteiger partial charge is 0.0462 e. The van der Waals surface area contributed by atoms with E-state index in [-0.39, 0.29) is 7.43 Å². The van der Waals surface area contributed by atoms with Crippen LogP contribution in [0.1, 0.15) is 24.1 Å². The van der Waals surface area contributed by atoms with Crippen molar-refractivity contribution in [3.63, 3.8) is 0 Å². The molecule has 0 unspecified atom stereocenters. The zero-order chi connectivity index (χ0) is 43.3. The maximum Gasteiger partial charge on any atom is 0.0462 e. The van der Waals surface area contributed by atoms with Crippen LogP contribution >= 0.6 is 34.8 Å². The number of rotatable bonds is 8. The summed E-state index contributed by atoms with van der Waals surface area (Å²) in [5.74, 6) is 0. The van der Waals surface area contributed by atoms with Crippen molar-refractivity contribution in [1.29, 1.82) is 0 Å². The molecule has 0 N–H and O–H groups in total. The Balaban J connectivity index is 0.000000187. The normalized spacial score (nSPS) is 10.3. The Hall–Kier alpha value is -6.55. The van der Waals surface area contributed by atoms with Crippen molar-refractivity contribution in [2.45, 2.75) is 28.2 Å². The second kappa shape index (κ2) is 22.5. The largest absolute Gasteiger partial charge is 0.311 e. The summed E-state index contributed by atoms with van der Waals surface area (Å²) in [7, 11) is 0. The average Bonchev–Trinajstić information content (AvgIpc) is 3.29. The summed E-state index contributed by atoms with van der Waals surface area (Å²) in [4.78, 5) is 4.46. The average molecular weight is 882 g/mol. The molecule has 0 spiro atoms. The predicted octanol–water partition coefficient (Wildman–Crippen LogP) is 18.9. The Morgan fingerprint density at radius 3 is 0.857 bits per heavy atom. The van der Waals surface area contributed by atoms with Crippen LogP contribution in [0.15, 0.2) is 231 Å². The zero-order valence-electron chi connectivity index (χ0n) is 35.0. The summed E-state index contributed by atoms with van der Waals surface area (Å²) in [6.45, 7) is 6.29. The van der Waals surface area contributed by atoms with Crippen LogP contribution in [0.3, 0.4) is 0 Å². The van der Waals surface area contributed by atoms with Gasteiger partial charge in [-0.25, -0.2) is 0 Å². The lowest BCUT2D eigenvalue weighted by molar-refractivity contribution is 1.28. The van der Waals surface area contributed by atoms with Gasteiger partial charge in [0.15, 0.2) is 0 Å². The SMILES string of the molecule is C.Cc1cccc(-c2ccc(N(c3ccccc3)c3ccc(-c4cccc(C)c4)cc3)cc2)c1.Cc1cccc(Cl)c1.Clc1ccc(N(c2ccccc2)c2ccc(Cl)cc2)cc1. The van der Waals surface area contributed by atoms with E-state index in [1.54, 1.807) is 0 Å². The molecule has 0 saturated carbocycles. The fourth-order valence-corrected chi connectivity index (χ4v) is 7.59. The number of para-hydroxylation sites is 2. The number of halogens is 3. The van der Waals surface area contributed by atoms with Crippen LogP contribution in [0.5, 0.6) is 0 Å². The Morgan fingerprint density at radius 1 is 0.254 bits per heavy atom. The molecule has 9 aromatic rings. The van der Waals surface area contributed by atoms with Gasteiger partial charge in [-0.05, 0) is 158 Å². The molecule has 0 aromatic heterocycles. The van der Waals surface area contributed by atoms with E-state index >= 15 is 0 Å². The van der Waals surface area contributed by atoms with Crippen molar-refractivity contribution >= 4 is 68.9 Å². The van der Waals surface area contributed by atoms with E-state index in [0.717, 1.165) is 49.2 Å². The second-order valence-corrected chi connectivity index (χ2v) is 16.2. The maximum atomic E-state index is 5.99. The third kappa shape index (κ3) is 12.8. The van der Waals surface area contributed by atoms with Crippen LogP contribution in [-0.2, 0) is 0 Å². The molecule has 0 saturated heterocycles. The lowest BCUT2D eigenvalue weighted by Crippen LogP contribution is -2.09. The van der Waals surface area contributed by atoms with Crippen molar-refractivity contribution in [2.24, 2.45) is 0 Å². The van der Waals surface area contributed by atoms with Gasteiger partial charge in [0.05, 0.1) is 0 Å². The van der Waals surface area contributed by atoms with E-state index in [9.17, 15) is 0 Å². The van der Waals surface area contributed by atoms with Crippen LogP contribution in [-0.4, -0.2) is 0 Å². The molecule has 0 fully saturated rings.